The van der Waals surface area contributed by atoms with E-state index in [-0.39, 0.29) is 19.2 Å². The van der Waals surface area contributed by atoms with Gasteiger partial charge in [0.25, 0.3) is 0 Å². The van der Waals surface area contributed by atoms with Crippen LogP contribution >= 0.6 is 0 Å². The first-order valence-corrected chi connectivity index (χ1v) is 6.51. The third-order valence-corrected chi connectivity index (χ3v) is 2.77. The van der Waals surface area contributed by atoms with E-state index in [0.29, 0.717) is 0 Å². The first-order chi connectivity index (χ1) is 9.08. The number of hydrogen-bond donors (Lipinski definition) is 1. The Morgan fingerprint density at radius 3 is 2.50 bits per heavy atom. The highest BCUT2D eigenvalue weighted by molar-refractivity contribution is 5.86. The number of amides is 2. The molecule has 7 nitrogen and oxygen atoms in total. The van der Waals surface area contributed by atoms with Crippen LogP contribution in [-0.2, 0) is 19.0 Å². The van der Waals surface area contributed by atoms with E-state index in [1.165, 1.54) is 12.0 Å². The Kier molecular flexibility index (Phi) is 4.99. The Bertz CT molecular complexity index is 375. The molecule has 1 aliphatic rings. The Labute approximate surface area is 119 Å². The molecule has 0 saturated carbocycles. The molecule has 0 spiro atoms. The van der Waals surface area contributed by atoms with Crippen molar-refractivity contribution in [3.05, 3.63) is 0 Å². The minimum Gasteiger partial charge on any atom is -0.444 e. The van der Waals surface area contributed by atoms with Gasteiger partial charge in [-0.2, -0.15) is 0 Å². The Hall–Kier alpha value is -1.34. The summed E-state index contributed by atoms with van der Waals surface area (Å²) in [7, 11) is 1.47. The molecule has 0 unspecified atom stereocenters. The highest BCUT2D eigenvalue weighted by Gasteiger charge is 2.48. The predicted molar refractivity (Wildman–Crippen MR) is 71.9 cm³/mol. The molecule has 0 aromatic carbocycles. The molecule has 1 N–H and O–H groups in total. The summed E-state index contributed by atoms with van der Waals surface area (Å²) in [4.78, 5) is 25.7. The summed E-state index contributed by atoms with van der Waals surface area (Å²) in [5.74, 6) is -0.330. The Balaban J connectivity index is 2.85. The van der Waals surface area contributed by atoms with Crippen molar-refractivity contribution in [2.24, 2.45) is 0 Å². The van der Waals surface area contributed by atoms with E-state index in [1.54, 1.807) is 34.6 Å². The van der Waals surface area contributed by atoms with Gasteiger partial charge in [-0.25, -0.2) is 4.79 Å². The van der Waals surface area contributed by atoms with Gasteiger partial charge >= 0.3 is 6.09 Å². The minimum absolute atomic E-state index is 0.0813. The van der Waals surface area contributed by atoms with Gasteiger partial charge in [0.2, 0.25) is 5.91 Å². The normalized spacial score (nSPS) is 21.7. The standard InChI is InChI=1S/C13H24N2O5/c1-12(2,3)20-11(17)15-9(7-19-13(15,4)5)10(16)14-8-18-6/h9H,7-8H2,1-6H3,(H,14,16)/t9-/m0/s1. The van der Waals surface area contributed by atoms with Crippen molar-refractivity contribution in [1.29, 1.82) is 0 Å². The third-order valence-electron chi connectivity index (χ3n) is 2.77. The fraction of sp³-hybridized carbons (Fsp3) is 0.846. The lowest BCUT2D eigenvalue weighted by Gasteiger charge is -2.34. The fourth-order valence-electron chi connectivity index (χ4n) is 1.91. The second-order valence-corrected chi connectivity index (χ2v) is 6.10. The molecule has 0 aromatic rings. The van der Waals surface area contributed by atoms with Crippen molar-refractivity contribution in [2.45, 2.75) is 52.0 Å². The van der Waals surface area contributed by atoms with E-state index >= 15 is 0 Å². The van der Waals surface area contributed by atoms with Gasteiger partial charge in [-0.3, -0.25) is 9.69 Å². The van der Waals surface area contributed by atoms with Gasteiger partial charge in [0.1, 0.15) is 24.1 Å². The van der Waals surface area contributed by atoms with Gasteiger partial charge in [-0.15, -0.1) is 0 Å². The van der Waals surface area contributed by atoms with Crippen LogP contribution in [0.4, 0.5) is 4.79 Å². The van der Waals surface area contributed by atoms with Gasteiger partial charge in [-0.05, 0) is 34.6 Å². The highest BCUT2D eigenvalue weighted by atomic mass is 16.6. The molecule has 20 heavy (non-hydrogen) atoms. The highest BCUT2D eigenvalue weighted by Crippen LogP contribution is 2.29. The van der Waals surface area contributed by atoms with Crippen LogP contribution in [0.3, 0.4) is 0 Å². The molecule has 0 aromatic heterocycles. The molecule has 1 aliphatic heterocycles. The number of nitrogens with zero attached hydrogens (tertiary/aromatic N) is 1. The van der Waals surface area contributed by atoms with Crippen LogP contribution in [0.1, 0.15) is 34.6 Å². The summed E-state index contributed by atoms with van der Waals surface area (Å²) in [6.45, 7) is 8.97. The van der Waals surface area contributed by atoms with Crippen LogP contribution in [0.5, 0.6) is 0 Å². The number of carbonyl (C=O) groups excluding carboxylic acids is 2. The maximum absolute atomic E-state index is 12.3. The van der Waals surface area contributed by atoms with E-state index in [0.717, 1.165) is 0 Å². The zero-order valence-electron chi connectivity index (χ0n) is 13.0. The van der Waals surface area contributed by atoms with E-state index in [9.17, 15) is 9.59 Å². The van der Waals surface area contributed by atoms with E-state index in [1.807, 2.05) is 0 Å². The maximum Gasteiger partial charge on any atom is 0.413 e. The van der Waals surface area contributed by atoms with Crippen molar-refractivity contribution >= 4 is 12.0 Å². The number of ether oxygens (including phenoxy) is 3. The lowest BCUT2D eigenvalue weighted by atomic mass is 10.2. The van der Waals surface area contributed by atoms with Crippen LogP contribution < -0.4 is 5.32 Å². The first-order valence-electron chi connectivity index (χ1n) is 6.51. The lowest BCUT2D eigenvalue weighted by Crippen LogP contribution is -2.54. The maximum atomic E-state index is 12.3. The second-order valence-electron chi connectivity index (χ2n) is 6.10. The molecular formula is C13H24N2O5. The minimum atomic E-state index is -0.891. The summed E-state index contributed by atoms with van der Waals surface area (Å²) in [6, 6.07) is -0.727. The quantitative estimate of drug-likeness (QED) is 0.786. The Morgan fingerprint density at radius 1 is 1.40 bits per heavy atom. The molecular weight excluding hydrogens is 264 g/mol. The second kappa shape index (κ2) is 5.97. The zero-order valence-corrected chi connectivity index (χ0v) is 13.0. The predicted octanol–water partition coefficient (Wildman–Crippen LogP) is 1.08. The topological polar surface area (TPSA) is 77.1 Å². The molecule has 1 heterocycles. The van der Waals surface area contributed by atoms with Crippen molar-refractivity contribution in [3.8, 4) is 0 Å². The number of nitrogens with one attached hydrogen (secondary N) is 1. The summed E-state index contributed by atoms with van der Waals surface area (Å²) < 4.78 is 15.7. The SMILES string of the molecule is COCNC(=O)[C@@H]1COC(C)(C)N1C(=O)OC(C)(C)C. The van der Waals surface area contributed by atoms with Crippen LogP contribution in [0.25, 0.3) is 0 Å². The summed E-state index contributed by atoms with van der Waals surface area (Å²) in [6.07, 6.45) is -0.572. The summed E-state index contributed by atoms with van der Waals surface area (Å²) >= 11 is 0. The number of hydrogen-bond acceptors (Lipinski definition) is 5. The lowest BCUT2D eigenvalue weighted by molar-refractivity contribution is -0.128. The third kappa shape index (κ3) is 4.08. The Morgan fingerprint density at radius 2 is 2.00 bits per heavy atom. The molecule has 1 saturated heterocycles. The van der Waals surface area contributed by atoms with Crippen molar-refractivity contribution in [3.63, 3.8) is 0 Å². The van der Waals surface area contributed by atoms with E-state index < -0.39 is 23.5 Å². The van der Waals surface area contributed by atoms with Crippen molar-refractivity contribution in [2.75, 3.05) is 20.4 Å². The molecule has 0 aliphatic carbocycles. The molecule has 0 bridgehead atoms. The first kappa shape index (κ1) is 16.7. The van der Waals surface area contributed by atoms with Gasteiger partial charge in [-0.1, -0.05) is 0 Å². The fourth-order valence-corrected chi connectivity index (χ4v) is 1.91. The van der Waals surface area contributed by atoms with Crippen LogP contribution in [0, 0.1) is 0 Å². The number of rotatable bonds is 3. The van der Waals surface area contributed by atoms with E-state index in [2.05, 4.69) is 5.32 Å². The van der Waals surface area contributed by atoms with Crippen LogP contribution in [0.2, 0.25) is 0 Å². The van der Waals surface area contributed by atoms with E-state index in [4.69, 9.17) is 14.2 Å². The average molecular weight is 288 g/mol. The molecule has 2 amide bonds. The molecule has 116 valence electrons. The van der Waals surface area contributed by atoms with Crippen LogP contribution in [0.15, 0.2) is 0 Å². The summed E-state index contributed by atoms with van der Waals surface area (Å²) in [5, 5.41) is 2.57. The molecule has 1 atom stereocenters. The smallest absolute Gasteiger partial charge is 0.413 e. The van der Waals surface area contributed by atoms with Gasteiger partial charge < -0.3 is 19.5 Å². The monoisotopic (exact) mass is 288 g/mol. The molecule has 0 radical (unpaired) electrons. The zero-order chi connectivity index (χ0) is 15.6. The molecule has 1 fully saturated rings. The largest absolute Gasteiger partial charge is 0.444 e. The average Bonchev–Trinajstić information content (AvgIpc) is 2.59. The molecule has 7 heteroatoms. The van der Waals surface area contributed by atoms with Gasteiger partial charge in [0.05, 0.1) is 6.61 Å². The van der Waals surface area contributed by atoms with Gasteiger partial charge in [0, 0.05) is 7.11 Å². The number of carbonyl (C=O) groups is 2. The van der Waals surface area contributed by atoms with Crippen LogP contribution in [-0.4, -0.2) is 54.7 Å². The van der Waals surface area contributed by atoms with Crippen molar-refractivity contribution < 1.29 is 23.8 Å². The van der Waals surface area contributed by atoms with Gasteiger partial charge in [0.15, 0.2) is 0 Å². The number of methoxy groups -OCH3 is 1. The van der Waals surface area contributed by atoms with Crippen molar-refractivity contribution in [1.82, 2.24) is 10.2 Å². The molecule has 1 rings (SSSR count). The summed E-state index contributed by atoms with van der Waals surface area (Å²) in [5.41, 5.74) is -1.53.